The zero-order chi connectivity index (χ0) is 30.9. The number of aryl methyl sites for hydroxylation is 1. The van der Waals surface area contributed by atoms with Gasteiger partial charge in [-0.2, -0.15) is 10.2 Å². The first-order valence-electron chi connectivity index (χ1n) is 14.3. The molecule has 251 valence electrons. The molecular formula is C37H73N5Y-2. The van der Waals surface area contributed by atoms with Crippen LogP contribution >= 0.6 is 0 Å². The number of nitrogens with zero attached hydrogens (tertiary/aromatic N) is 5. The topological polar surface area (TPSA) is 38.9 Å². The summed E-state index contributed by atoms with van der Waals surface area (Å²) in [4.78, 5) is 2.22. The molecular weight excluding hydrogens is 603 g/mol. The Morgan fingerprint density at radius 1 is 0.744 bits per heavy atom. The Labute approximate surface area is 296 Å². The predicted molar refractivity (Wildman–Crippen MR) is 193 cm³/mol. The second kappa shape index (κ2) is 27.1. The summed E-state index contributed by atoms with van der Waals surface area (Å²) in [5, 5.41) is 8.13. The molecule has 3 aromatic rings. The maximum Gasteiger partial charge on any atom is 0.0526 e. The predicted octanol–water partition coefficient (Wildman–Crippen LogP) is 10.9. The second-order valence-electron chi connectivity index (χ2n) is 12.5. The molecule has 0 aliphatic heterocycles. The minimum Gasteiger partial charge on any atom is -0.358 e. The summed E-state index contributed by atoms with van der Waals surface area (Å²) in [6.07, 6.45) is 7.73. The molecule has 1 aromatic carbocycles. The van der Waals surface area contributed by atoms with Gasteiger partial charge in [0.05, 0.1) is 6.20 Å². The van der Waals surface area contributed by atoms with Crippen molar-refractivity contribution in [1.82, 2.24) is 24.5 Å². The van der Waals surface area contributed by atoms with Crippen LogP contribution in [0.2, 0.25) is 0 Å². The molecule has 0 N–H and O–H groups in total. The third-order valence-corrected chi connectivity index (χ3v) is 5.75. The summed E-state index contributed by atoms with van der Waals surface area (Å²) >= 11 is 0. The van der Waals surface area contributed by atoms with Crippen molar-refractivity contribution in [3.8, 4) is 0 Å². The Balaban J connectivity index is -0.000000101. The molecule has 0 bridgehead atoms. The fraction of sp³-hybridized carbons (Fsp3) is 0.622. The van der Waals surface area contributed by atoms with E-state index in [9.17, 15) is 0 Å². The summed E-state index contributed by atoms with van der Waals surface area (Å²) < 4.78 is 3.75. The van der Waals surface area contributed by atoms with E-state index in [4.69, 9.17) is 0 Å². The van der Waals surface area contributed by atoms with Crippen LogP contribution in [-0.2, 0) is 50.6 Å². The molecule has 0 atom stereocenters. The van der Waals surface area contributed by atoms with Gasteiger partial charge in [-0.3, -0.25) is 9.36 Å². The largest absolute Gasteiger partial charge is 0.358 e. The fourth-order valence-electron chi connectivity index (χ4n) is 3.12. The smallest absolute Gasteiger partial charge is 0.0526 e. The summed E-state index contributed by atoms with van der Waals surface area (Å²) in [5.74, 6) is 0. The SMILES string of the molecule is C.C.C.CC.CC(C)(C)c1ccccc1.CC(C)n1cccn1.Cn1cc(C(C)(C)C)cn1.[CH2-]CN(C[CH2-])C(C)(C)C.[Y]. The Bertz CT molecular complexity index is 938. The zero-order valence-corrected chi connectivity index (χ0v) is 31.3. The molecule has 0 saturated carbocycles. The van der Waals surface area contributed by atoms with Gasteiger partial charge in [0, 0.05) is 69.9 Å². The molecule has 0 aliphatic carbocycles. The second-order valence-corrected chi connectivity index (χ2v) is 12.5. The van der Waals surface area contributed by atoms with Crippen molar-refractivity contribution in [3.63, 3.8) is 0 Å². The van der Waals surface area contributed by atoms with Gasteiger partial charge in [0.1, 0.15) is 0 Å². The first-order chi connectivity index (χ1) is 17.9. The Hall–Kier alpha value is -1.30. The van der Waals surface area contributed by atoms with Crippen LogP contribution in [0.25, 0.3) is 0 Å². The van der Waals surface area contributed by atoms with Gasteiger partial charge in [0.2, 0.25) is 0 Å². The average molecular weight is 677 g/mol. The number of benzene rings is 1. The van der Waals surface area contributed by atoms with Gasteiger partial charge in [-0.25, -0.2) is 0 Å². The van der Waals surface area contributed by atoms with Crippen molar-refractivity contribution >= 4 is 0 Å². The fourth-order valence-corrected chi connectivity index (χ4v) is 3.12. The minimum absolute atomic E-state index is 0. The van der Waals surface area contributed by atoms with Crippen LogP contribution in [0, 0.1) is 13.8 Å². The van der Waals surface area contributed by atoms with Crippen LogP contribution in [0.1, 0.15) is 129 Å². The quantitative estimate of drug-likeness (QED) is 0.259. The third-order valence-electron chi connectivity index (χ3n) is 5.75. The molecule has 0 unspecified atom stereocenters. The molecule has 0 fully saturated rings. The van der Waals surface area contributed by atoms with E-state index < -0.39 is 0 Å². The Morgan fingerprint density at radius 2 is 1.19 bits per heavy atom. The number of hydrogen-bond acceptors (Lipinski definition) is 3. The van der Waals surface area contributed by atoms with E-state index in [0.717, 1.165) is 13.1 Å². The van der Waals surface area contributed by atoms with Crippen molar-refractivity contribution < 1.29 is 32.7 Å². The minimum atomic E-state index is 0. The van der Waals surface area contributed by atoms with E-state index in [1.54, 1.807) is 6.20 Å². The zero-order valence-electron chi connectivity index (χ0n) is 28.5. The van der Waals surface area contributed by atoms with Crippen molar-refractivity contribution in [2.75, 3.05) is 13.1 Å². The molecule has 6 heteroatoms. The maximum atomic E-state index is 4.10. The van der Waals surface area contributed by atoms with Crippen molar-refractivity contribution in [2.45, 2.75) is 135 Å². The van der Waals surface area contributed by atoms with Crippen molar-refractivity contribution in [2.24, 2.45) is 7.05 Å². The Kier molecular flexibility index (Phi) is 34.1. The van der Waals surface area contributed by atoms with Crippen LogP contribution in [0.5, 0.6) is 0 Å². The third kappa shape index (κ3) is 25.7. The van der Waals surface area contributed by atoms with E-state index in [-0.39, 0.29) is 65.9 Å². The average Bonchev–Trinajstić information content (AvgIpc) is 3.54. The molecule has 5 nitrogen and oxygen atoms in total. The van der Waals surface area contributed by atoms with E-state index in [2.05, 4.69) is 142 Å². The normalized spacial score (nSPS) is 10.2. The van der Waals surface area contributed by atoms with Crippen LogP contribution in [0.3, 0.4) is 0 Å². The van der Waals surface area contributed by atoms with Crippen molar-refractivity contribution in [1.29, 1.82) is 0 Å². The standard InChI is InChI=1S/C10H14.C8H14N2.C8H17N.C6H10N2.C2H6.3CH4.Y/c1-10(2,3)9-7-5-4-6-8-9;1-8(2,3)7-5-9-10(4)6-7;1-6-9(7-2)8(3,4)5;1-6(2)8-5-3-4-7-8;1-2;;;;/h4-8H,1-3H3;5-6H,1-4H3;1-2,6-7H2,3-5H3;3-6H,1-2H3;1-2H3;3*1H4;/q;;-2;;;;;;. The molecule has 2 aromatic heterocycles. The molecule has 0 saturated heterocycles. The van der Waals surface area contributed by atoms with E-state index in [0.29, 0.717) is 11.5 Å². The van der Waals surface area contributed by atoms with Crippen LogP contribution in [0.4, 0.5) is 0 Å². The Morgan fingerprint density at radius 3 is 1.35 bits per heavy atom. The molecule has 0 amide bonds. The number of rotatable bonds is 3. The van der Waals surface area contributed by atoms with Crippen LogP contribution in [-0.4, -0.2) is 43.1 Å². The molecule has 0 aliphatic rings. The van der Waals surface area contributed by atoms with Gasteiger partial charge in [-0.1, -0.05) is 108 Å². The van der Waals surface area contributed by atoms with Gasteiger partial charge in [-0.05, 0) is 62.6 Å². The summed E-state index contributed by atoms with van der Waals surface area (Å²) in [7, 11) is 1.94. The van der Waals surface area contributed by atoms with Crippen molar-refractivity contribution in [3.05, 3.63) is 86.2 Å². The van der Waals surface area contributed by atoms with E-state index >= 15 is 0 Å². The molecule has 43 heavy (non-hydrogen) atoms. The van der Waals surface area contributed by atoms with Gasteiger partial charge in [0.25, 0.3) is 0 Å². The van der Waals surface area contributed by atoms with Gasteiger partial charge in [-0.15, -0.1) is 13.1 Å². The maximum absolute atomic E-state index is 4.10. The van der Waals surface area contributed by atoms with E-state index in [1.165, 1.54) is 11.1 Å². The summed E-state index contributed by atoms with van der Waals surface area (Å²) in [6.45, 7) is 37.2. The van der Waals surface area contributed by atoms with Gasteiger partial charge in [0.15, 0.2) is 0 Å². The molecule has 2 heterocycles. The number of hydrogen-bond donors (Lipinski definition) is 0. The van der Waals surface area contributed by atoms with Gasteiger partial charge < -0.3 is 18.7 Å². The van der Waals surface area contributed by atoms with E-state index in [1.807, 2.05) is 48.7 Å². The molecule has 0 spiro atoms. The first-order valence-corrected chi connectivity index (χ1v) is 14.3. The summed E-state index contributed by atoms with van der Waals surface area (Å²) in [6, 6.07) is 13.0. The molecule has 3 rings (SSSR count). The summed E-state index contributed by atoms with van der Waals surface area (Å²) in [5.41, 5.74) is 3.43. The number of aromatic nitrogens is 4. The first kappa shape index (κ1) is 54.2. The van der Waals surface area contributed by atoms with Crippen LogP contribution < -0.4 is 0 Å². The van der Waals surface area contributed by atoms with Crippen LogP contribution in [0.15, 0.2) is 61.2 Å². The monoisotopic (exact) mass is 676 g/mol. The molecule has 1 radical (unpaired) electrons. The van der Waals surface area contributed by atoms with Gasteiger partial charge >= 0.3 is 0 Å².